The summed E-state index contributed by atoms with van der Waals surface area (Å²) in [5.41, 5.74) is 1.35. The van der Waals surface area contributed by atoms with E-state index < -0.39 is 0 Å². The average molecular weight is 454 g/mol. The number of ether oxygens (including phenoxy) is 1. The van der Waals surface area contributed by atoms with Gasteiger partial charge in [-0.2, -0.15) is 0 Å². The number of carbonyl (C=O) groups excluding carboxylic acids is 1. The summed E-state index contributed by atoms with van der Waals surface area (Å²) in [6, 6.07) is 15.9. The molecule has 1 saturated heterocycles. The highest BCUT2D eigenvalue weighted by Gasteiger charge is 2.20. The monoisotopic (exact) mass is 453 g/mol. The molecular formula is C23H24FN5O2S. The number of rotatable bonds is 7. The van der Waals surface area contributed by atoms with Gasteiger partial charge in [0.15, 0.2) is 0 Å². The number of nitrogens with zero attached hydrogens (tertiary/aromatic N) is 4. The zero-order chi connectivity index (χ0) is 22.3. The van der Waals surface area contributed by atoms with Crippen LogP contribution in [0.3, 0.4) is 0 Å². The van der Waals surface area contributed by atoms with Crippen molar-refractivity contribution in [2.24, 2.45) is 0 Å². The fourth-order valence-electron chi connectivity index (χ4n) is 3.48. The molecule has 0 saturated carbocycles. The zero-order valence-electron chi connectivity index (χ0n) is 17.7. The highest BCUT2D eigenvalue weighted by molar-refractivity contribution is 7.99. The Morgan fingerprint density at radius 2 is 1.78 bits per heavy atom. The largest absolute Gasteiger partial charge is 0.497 e. The molecule has 1 aromatic heterocycles. The summed E-state index contributed by atoms with van der Waals surface area (Å²) in [5, 5.41) is 3.59. The van der Waals surface area contributed by atoms with Gasteiger partial charge in [-0.3, -0.25) is 4.79 Å². The lowest BCUT2D eigenvalue weighted by Gasteiger charge is -2.36. The minimum absolute atomic E-state index is 0.112. The maximum Gasteiger partial charge on any atom is 0.234 e. The molecule has 1 amide bonds. The van der Waals surface area contributed by atoms with E-state index in [1.165, 1.54) is 24.2 Å². The van der Waals surface area contributed by atoms with Crippen molar-refractivity contribution in [3.8, 4) is 5.75 Å². The summed E-state index contributed by atoms with van der Waals surface area (Å²) in [5.74, 6) is 1.48. The van der Waals surface area contributed by atoms with E-state index in [2.05, 4.69) is 20.2 Å². The van der Waals surface area contributed by atoms with Crippen LogP contribution < -0.4 is 19.9 Å². The number of benzene rings is 2. The van der Waals surface area contributed by atoms with Crippen LogP contribution in [0, 0.1) is 5.82 Å². The third-order valence-corrected chi connectivity index (χ3v) is 6.07. The predicted molar refractivity (Wildman–Crippen MR) is 125 cm³/mol. The molecule has 0 bridgehead atoms. The van der Waals surface area contributed by atoms with Crippen LogP contribution in [0.1, 0.15) is 0 Å². The van der Waals surface area contributed by atoms with Crippen molar-refractivity contribution in [1.82, 2.24) is 9.97 Å². The van der Waals surface area contributed by atoms with Gasteiger partial charge in [-0.15, -0.1) is 0 Å². The number of aromatic nitrogens is 2. The van der Waals surface area contributed by atoms with Gasteiger partial charge in [0, 0.05) is 37.9 Å². The maximum atomic E-state index is 14.1. The first kappa shape index (κ1) is 21.9. The number of anilines is 3. The predicted octanol–water partition coefficient (Wildman–Crippen LogP) is 3.68. The Labute approximate surface area is 190 Å². The van der Waals surface area contributed by atoms with E-state index in [0.717, 1.165) is 29.7 Å². The first-order chi connectivity index (χ1) is 15.6. The molecule has 0 unspecified atom stereocenters. The van der Waals surface area contributed by atoms with Crippen LogP contribution in [0.5, 0.6) is 5.75 Å². The molecule has 1 aliphatic rings. The number of carbonyl (C=O) groups is 1. The molecule has 9 heteroatoms. The summed E-state index contributed by atoms with van der Waals surface area (Å²) in [6.07, 6.45) is 1.52. The summed E-state index contributed by atoms with van der Waals surface area (Å²) in [4.78, 5) is 25.1. The average Bonchev–Trinajstić information content (AvgIpc) is 2.84. The zero-order valence-corrected chi connectivity index (χ0v) is 18.5. The minimum Gasteiger partial charge on any atom is -0.497 e. The normalized spacial score (nSPS) is 13.7. The van der Waals surface area contributed by atoms with Crippen molar-refractivity contribution in [2.75, 3.05) is 54.2 Å². The number of halogens is 1. The number of hydrogen-bond acceptors (Lipinski definition) is 7. The third-order valence-electron chi connectivity index (χ3n) is 5.15. The lowest BCUT2D eigenvalue weighted by molar-refractivity contribution is -0.113. The number of nitrogens with one attached hydrogen (secondary N) is 1. The molecule has 1 N–H and O–H groups in total. The van der Waals surface area contributed by atoms with Gasteiger partial charge < -0.3 is 19.9 Å². The van der Waals surface area contributed by atoms with Crippen LogP contribution in [-0.2, 0) is 4.79 Å². The van der Waals surface area contributed by atoms with Crippen molar-refractivity contribution >= 4 is 34.9 Å². The molecule has 166 valence electrons. The summed E-state index contributed by atoms with van der Waals surface area (Å²) >= 11 is 1.36. The number of amides is 1. The Bertz CT molecular complexity index is 1060. The first-order valence-corrected chi connectivity index (χ1v) is 11.2. The number of piperazine rings is 1. The number of hydrogen-bond donors (Lipinski definition) is 1. The summed E-state index contributed by atoms with van der Waals surface area (Å²) in [6.45, 7) is 2.87. The topological polar surface area (TPSA) is 70.6 Å². The van der Waals surface area contributed by atoms with E-state index >= 15 is 0 Å². The standard InChI is InChI=1S/C23H24FN5O2S/c1-31-18-8-6-17(7-9-18)27-22(30)15-32-23-14-21(25-16-26-23)29-12-10-28(11-13-29)20-5-3-2-4-19(20)24/h2-9,14,16H,10-13,15H2,1H3,(H,27,30). The highest BCUT2D eigenvalue weighted by Crippen LogP contribution is 2.24. The Morgan fingerprint density at radius 3 is 2.50 bits per heavy atom. The number of para-hydroxylation sites is 1. The van der Waals surface area contributed by atoms with E-state index in [1.54, 1.807) is 43.5 Å². The molecule has 1 aliphatic heterocycles. The maximum absolute atomic E-state index is 14.1. The van der Waals surface area contributed by atoms with Gasteiger partial charge in [-0.05, 0) is 36.4 Å². The van der Waals surface area contributed by atoms with Crippen molar-refractivity contribution < 1.29 is 13.9 Å². The van der Waals surface area contributed by atoms with E-state index in [-0.39, 0.29) is 17.5 Å². The van der Waals surface area contributed by atoms with Crippen LogP contribution in [0.2, 0.25) is 0 Å². The molecule has 0 aliphatic carbocycles. The molecule has 0 atom stereocenters. The van der Waals surface area contributed by atoms with Crippen molar-refractivity contribution in [2.45, 2.75) is 5.03 Å². The van der Waals surface area contributed by atoms with Crippen LogP contribution in [-0.4, -0.2) is 54.9 Å². The Balaban J connectivity index is 1.30. The van der Waals surface area contributed by atoms with Crippen LogP contribution in [0.15, 0.2) is 66.0 Å². The fourth-order valence-corrected chi connectivity index (χ4v) is 4.14. The van der Waals surface area contributed by atoms with E-state index in [4.69, 9.17) is 4.74 Å². The van der Waals surface area contributed by atoms with Gasteiger partial charge in [-0.1, -0.05) is 23.9 Å². The molecule has 0 spiro atoms. The lowest BCUT2D eigenvalue weighted by Crippen LogP contribution is -2.47. The first-order valence-electron chi connectivity index (χ1n) is 10.3. The van der Waals surface area contributed by atoms with Gasteiger partial charge in [-0.25, -0.2) is 14.4 Å². The van der Waals surface area contributed by atoms with Crippen LogP contribution in [0.25, 0.3) is 0 Å². The molecular weight excluding hydrogens is 429 g/mol. The van der Waals surface area contributed by atoms with E-state index in [0.29, 0.717) is 24.5 Å². The van der Waals surface area contributed by atoms with Crippen molar-refractivity contribution in [3.63, 3.8) is 0 Å². The molecule has 3 aromatic rings. The second kappa shape index (κ2) is 10.3. The Kier molecular flexibility index (Phi) is 7.06. The minimum atomic E-state index is -0.199. The molecule has 0 radical (unpaired) electrons. The Morgan fingerprint density at radius 1 is 1.06 bits per heavy atom. The number of thioether (sulfide) groups is 1. The molecule has 4 rings (SSSR count). The highest BCUT2D eigenvalue weighted by atomic mass is 32.2. The van der Waals surface area contributed by atoms with Gasteiger partial charge in [0.2, 0.25) is 5.91 Å². The quantitative estimate of drug-likeness (QED) is 0.432. The summed E-state index contributed by atoms with van der Waals surface area (Å²) < 4.78 is 19.2. The smallest absolute Gasteiger partial charge is 0.234 e. The van der Waals surface area contributed by atoms with Crippen LogP contribution >= 0.6 is 11.8 Å². The van der Waals surface area contributed by atoms with E-state index in [1.807, 2.05) is 17.0 Å². The molecule has 1 fully saturated rings. The fraction of sp³-hybridized carbons (Fsp3) is 0.261. The Hall–Kier alpha value is -3.33. The second-order valence-corrected chi connectivity index (χ2v) is 8.20. The van der Waals surface area contributed by atoms with Crippen molar-refractivity contribution in [3.05, 3.63) is 66.7 Å². The van der Waals surface area contributed by atoms with Crippen molar-refractivity contribution in [1.29, 1.82) is 0 Å². The second-order valence-electron chi connectivity index (χ2n) is 7.21. The van der Waals surface area contributed by atoms with Crippen LogP contribution in [0.4, 0.5) is 21.6 Å². The number of methoxy groups -OCH3 is 1. The molecule has 2 heterocycles. The lowest BCUT2D eigenvalue weighted by atomic mass is 10.2. The van der Waals surface area contributed by atoms with Gasteiger partial charge in [0.25, 0.3) is 0 Å². The SMILES string of the molecule is COc1ccc(NC(=O)CSc2cc(N3CCN(c4ccccc4F)CC3)ncn2)cc1. The third kappa shape index (κ3) is 5.47. The van der Waals surface area contributed by atoms with Gasteiger partial charge >= 0.3 is 0 Å². The van der Waals surface area contributed by atoms with Gasteiger partial charge in [0.1, 0.15) is 28.7 Å². The molecule has 7 nitrogen and oxygen atoms in total. The summed E-state index contributed by atoms with van der Waals surface area (Å²) in [7, 11) is 1.60. The van der Waals surface area contributed by atoms with E-state index in [9.17, 15) is 9.18 Å². The molecule has 32 heavy (non-hydrogen) atoms. The van der Waals surface area contributed by atoms with Gasteiger partial charge in [0.05, 0.1) is 18.6 Å². The molecule has 2 aromatic carbocycles.